The van der Waals surface area contributed by atoms with Crippen molar-refractivity contribution in [1.82, 2.24) is 4.98 Å². The van der Waals surface area contributed by atoms with E-state index < -0.39 is 0 Å². The molecule has 96 valence electrons. The van der Waals surface area contributed by atoms with Gasteiger partial charge >= 0.3 is 0 Å². The van der Waals surface area contributed by atoms with Crippen molar-refractivity contribution >= 4 is 11.7 Å². The lowest BCUT2D eigenvalue weighted by molar-refractivity contribution is 0.0302. The molecule has 0 radical (unpaired) electrons. The smallest absolute Gasteiger partial charge is 0.140 e. The lowest BCUT2D eigenvalue weighted by atomic mass is 10.2. The van der Waals surface area contributed by atoms with Crippen molar-refractivity contribution in [2.24, 2.45) is 5.73 Å². The van der Waals surface area contributed by atoms with Gasteiger partial charge in [-0.15, -0.1) is 0 Å². The summed E-state index contributed by atoms with van der Waals surface area (Å²) in [6, 6.07) is 3.78. The first-order chi connectivity index (χ1) is 8.63. The number of hydrogen-bond acceptors (Lipinski definition) is 4. The standard InChI is InChI=1S/C13H18N4O/c1-8-2-5-11(12(14)15)13(16-8)17-6-9-3-4-10(7-17)18-9/h2,5,9-10H,3-4,6-7H2,1H3,(H3,14,15). The highest BCUT2D eigenvalue weighted by atomic mass is 16.5. The van der Waals surface area contributed by atoms with Crippen LogP contribution < -0.4 is 10.6 Å². The lowest BCUT2D eigenvalue weighted by Gasteiger charge is -2.34. The quantitative estimate of drug-likeness (QED) is 0.604. The summed E-state index contributed by atoms with van der Waals surface area (Å²) < 4.78 is 5.83. The third-order valence-electron chi connectivity index (χ3n) is 3.65. The molecule has 1 aromatic rings. The first-order valence-corrected chi connectivity index (χ1v) is 6.36. The molecule has 5 nitrogen and oxygen atoms in total. The van der Waals surface area contributed by atoms with Crippen molar-refractivity contribution in [2.45, 2.75) is 32.0 Å². The Bertz CT molecular complexity index is 476. The largest absolute Gasteiger partial charge is 0.384 e. The molecule has 0 spiro atoms. The molecule has 2 bridgehead atoms. The number of ether oxygens (including phenoxy) is 1. The highest BCUT2D eigenvalue weighted by Gasteiger charge is 2.35. The maximum atomic E-state index is 7.66. The maximum absolute atomic E-state index is 7.66. The summed E-state index contributed by atoms with van der Waals surface area (Å²) >= 11 is 0. The number of rotatable bonds is 2. The summed E-state index contributed by atoms with van der Waals surface area (Å²) in [4.78, 5) is 6.78. The van der Waals surface area contributed by atoms with Crippen molar-refractivity contribution in [3.8, 4) is 0 Å². The van der Waals surface area contributed by atoms with Crippen molar-refractivity contribution in [3.63, 3.8) is 0 Å². The number of nitrogens with one attached hydrogen (secondary N) is 1. The van der Waals surface area contributed by atoms with Crippen LogP contribution in [0.1, 0.15) is 24.1 Å². The van der Waals surface area contributed by atoms with Crippen molar-refractivity contribution in [3.05, 3.63) is 23.4 Å². The van der Waals surface area contributed by atoms with E-state index in [9.17, 15) is 0 Å². The van der Waals surface area contributed by atoms with Crippen molar-refractivity contribution in [2.75, 3.05) is 18.0 Å². The van der Waals surface area contributed by atoms with Crippen molar-refractivity contribution in [1.29, 1.82) is 5.41 Å². The topological polar surface area (TPSA) is 75.2 Å². The number of nitrogens with zero attached hydrogens (tertiary/aromatic N) is 2. The Morgan fingerprint density at radius 2 is 2.06 bits per heavy atom. The number of nitrogen functional groups attached to an aromatic ring is 1. The zero-order valence-corrected chi connectivity index (χ0v) is 10.5. The Morgan fingerprint density at radius 1 is 1.39 bits per heavy atom. The molecule has 1 aromatic heterocycles. The van der Waals surface area contributed by atoms with Crippen LogP contribution in [0.25, 0.3) is 0 Å². The fourth-order valence-electron chi connectivity index (χ4n) is 2.78. The number of fused-ring (bicyclic) bond motifs is 2. The van der Waals surface area contributed by atoms with E-state index >= 15 is 0 Å². The molecule has 0 saturated carbocycles. The summed E-state index contributed by atoms with van der Waals surface area (Å²) in [5.41, 5.74) is 7.32. The van der Waals surface area contributed by atoms with Gasteiger partial charge in [0.05, 0.1) is 17.8 Å². The Balaban J connectivity index is 1.95. The van der Waals surface area contributed by atoms with Crippen LogP contribution in [0.3, 0.4) is 0 Å². The van der Waals surface area contributed by atoms with Gasteiger partial charge in [-0.1, -0.05) is 0 Å². The van der Waals surface area contributed by atoms with Crippen LogP contribution in [0.15, 0.2) is 12.1 Å². The minimum Gasteiger partial charge on any atom is -0.384 e. The Hall–Kier alpha value is -1.62. The second kappa shape index (κ2) is 4.24. The molecule has 18 heavy (non-hydrogen) atoms. The predicted molar refractivity (Wildman–Crippen MR) is 70.1 cm³/mol. The first kappa shape index (κ1) is 11.5. The van der Waals surface area contributed by atoms with Gasteiger partial charge in [0.2, 0.25) is 0 Å². The van der Waals surface area contributed by atoms with E-state index in [4.69, 9.17) is 15.9 Å². The molecule has 0 aliphatic carbocycles. The molecular formula is C13H18N4O. The van der Waals surface area contributed by atoms with Crippen molar-refractivity contribution < 1.29 is 4.74 Å². The second-order valence-electron chi connectivity index (χ2n) is 5.10. The Morgan fingerprint density at radius 3 is 2.67 bits per heavy atom. The van der Waals surface area contributed by atoms with E-state index in [2.05, 4.69) is 9.88 Å². The number of nitrogens with two attached hydrogens (primary N) is 1. The number of anilines is 1. The number of morpholine rings is 1. The van der Waals surface area contributed by atoms with Crippen LogP contribution in [0, 0.1) is 12.3 Å². The summed E-state index contributed by atoms with van der Waals surface area (Å²) in [5, 5.41) is 7.66. The Labute approximate surface area is 106 Å². The Kier molecular flexibility index (Phi) is 2.70. The fourth-order valence-corrected chi connectivity index (χ4v) is 2.78. The molecule has 2 fully saturated rings. The highest BCUT2D eigenvalue weighted by Crippen LogP contribution is 2.30. The van der Waals surface area contributed by atoms with Gasteiger partial charge < -0.3 is 15.4 Å². The molecule has 0 amide bonds. The average molecular weight is 246 g/mol. The maximum Gasteiger partial charge on any atom is 0.140 e. The summed E-state index contributed by atoms with van der Waals surface area (Å²) in [6.45, 7) is 3.67. The van der Waals surface area contributed by atoms with Gasteiger partial charge in [-0.2, -0.15) is 0 Å². The van der Waals surface area contributed by atoms with E-state index in [1.807, 2.05) is 19.1 Å². The van der Waals surface area contributed by atoms with Crippen LogP contribution in [0.2, 0.25) is 0 Å². The van der Waals surface area contributed by atoms with Crippen LogP contribution in [-0.2, 0) is 4.74 Å². The molecule has 5 heteroatoms. The molecule has 3 N–H and O–H groups in total. The van der Waals surface area contributed by atoms with Gasteiger partial charge in [0.25, 0.3) is 0 Å². The third kappa shape index (κ3) is 1.95. The molecule has 2 aliphatic heterocycles. The minimum absolute atomic E-state index is 0.0799. The number of pyridine rings is 1. The van der Waals surface area contributed by atoms with Crippen LogP contribution >= 0.6 is 0 Å². The van der Waals surface area contributed by atoms with Crippen LogP contribution in [0.5, 0.6) is 0 Å². The monoisotopic (exact) mass is 246 g/mol. The number of hydrogen-bond donors (Lipinski definition) is 2. The van der Waals surface area contributed by atoms with Gasteiger partial charge in [-0.25, -0.2) is 4.98 Å². The second-order valence-corrected chi connectivity index (χ2v) is 5.10. The third-order valence-corrected chi connectivity index (χ3v) is 3.65. The van der Waals surface area contributed by atoms with Crippen LogP contribution in [0.4, 0.5) is 5.82 Å². The number of aryl methyl sites for hydroxylation is 1. The molecule has 3 heterocycles. The number of amidine groups is 1. The summed E-state index contributed by atoms with van der Waals surface area (Å²) in [7, 11) is 0. The van der Waals surface area contributed by atoms with E-state index in [1.54, 1.807) is 0 Å². The molecule has 2 saturated heterocycles. The zero-order chi connectivity index (χ0) is 12.7. The SMILES string of the molecule is Cc1ccc(C(=N)N)c(N2CC3CCC(C2)O3)n1. The molecule has 0 aromatic carbocycles. The van der Waals surface area contributed by atoms with Gasteiger partial charge in [0, 0.05) is 18.8 Å². The van der Waals surface area contributed by atoms with Gasteiger partial charge in [0.15, 0.2) is 0 Å². The van der Waals surface area contributed by atoms with E-state index in [1.165, 1.54) is 0 Å². The van der Waals surface area contributed by atoms with E-state index in [0.717, 1.165) is 43.0 Å². The van der Waals surface area contributed by atoms with Gasteiger partial charge in [0.1, 0.15) is 11.7 Å². The molecule has 2 atom stereocenters. The summed E-state index contributed by atoms with van der Waals surface area (Å²) in [5.74, 6) is 0.916. The zero-order valence-electron chi connectivity index (χ0n) is 10.5. The van der Waals surface area contributed by atoms with E-state index in [-0.39, 0.29) is 5.84 Å². The predicted octanol–water partition coefficient (Wildman–Crippen LogP) is 1.04. The summed E-state index contributed by atoms with van der Waals surface area (Å²) in [6.07, 6.45) is 2.88. The fraction of sp³-hybridized carbons (Fsp3) is 0.538. The molecule has 2 aliphatic rings. The lowest BCUT2D eigenvalue weighted by Crippen LogP contribution is -2.44. The molecular weight excluding hydrogens is 228 g/mol. The molecule has 2 unspecified atom stereocenters. The van der Waals surface area contributed by atoms with E-state index in [0.29, 0.717) is 12.2 Å². The normalized spacial score (nSPS) is 26.4. The first-order valence-electron chi connectivity index (χ1n) is 6.36. The van der Waals surface area contributed by atoms with Gasteiger partial charge in [-0.3, -0.25) is 5.41 Å². The van der Waals surface area contributed by atoms with Crippen LogP contribution in [-0.4, -0.2) is 36.1 Å². The molecule has 3 rings (SSSR count). The minimum atomic E-state index is 0.0799. The highest BCUT2D eigenvalue weighted by molar-refractivity contribution is 5.99. The number of aromatic nitrogens is 1. The van der Waals surface area contributed by atoms with Gasteiger partial charge in [-0.05, 0) is 31.9 Å². The average Bonchev–Trinajstić information content (AvgIpc) is 2.67.